The monoisotopic (exact) mass is 398 g/mol. The number of hydrogen-bond acceptors (Lipinski definition) is 6. The first-order valence-electron chi connectivity index (χ1n) is 8.87. The zero-order valence-corrected chi connectivity index (χ0v) is 15.6. The van der Waals surface area contributed by atoms with Crippen LogP contribution in [0.3, 0.4) is 0 Å². The first kappa shape index (κ1) is 21.4. The molecule has 0 amide bonds. The fourth-order valence-electron chi connectivity index (χ4n) is 2.58. The number of hydrogen-bond donors (Lipinski definition) is 0. The number of halogens is 3. The second-order valence-corrected chi connectivity index (χ2v) is 5.93. The van der Waals surface area contributed by atoms with Crippen LogP contribution in [0.1, 0.15) is 38.7 Å². The summed E-state index contributed by atoms with van der Waals surface area (Å²) in [4.78, 5) is 19.8. The van der Waals surface area contributed by atoms with Gasteiger partial charge in [-0.2, -0.15) is 18.2 Å². The van der Waals surface area contributed by atoms with Crippen LogP contribution in [0.4, 0.5) is 30.5 Å². The van der Waals surface area contributed by atoms with Crippen molar-refractivity contribution < 1.29 is 22.8 Å². The molecule has 2 aromatic rings. The molecule has 152 valence electrons. The van der Waals surface area contributed by atoms with Gasteiger partial charge in [-0.25, -0.2) is 4.98 Å². The number of aromatic nitrogens is 2. The molecule has 0 aliphatic heterocycles. The van der Waals surface area contributed by atoms with E-state index in [-0.39, 0.29) is 30.5 Å². The number of alkyl halides is 3. The maximum Gasteiger partial charge on any atom is 0.423 e. The van der Waals surface area contributed by atoms with Crippen LogP contribution in [-0.4, -0.2) is 28.0 Å². The van der Waals surface area contributed by atoms with Gasteiger partial charge < -0.3 is 9.64 Å². The van der Waals surface area contributed by atoms with E-state index >= 15 is 0 Å². The Balaban J connectivity index is 2.45. The molecule has 0 aliphatic carbocycles. The van der Waals surface area contributed by atoms with Crippen LogP contribution in [0, 0.1) is 10.1 Å². The Hall–Kier alpha value is -2.91. The fourth-order valence-corrected chi connectivity index (χ4v) is 2.58. The number of anilines is 2. The van der Waals surface area contributed by atoms with Gasteiger partial charge in [0.25, 0.3) is 5.69 Å². The van der Waals surface area contributed by atoms with E-state index in [2.05, 4.69) is 9.97 Å². The van der Waals surface area contributed by atoms with Crippen LogP contribution >= 0.6 is 0 Å². The summed E-state index contributed by atoms with van der Waals surface area (Å²) in [6.45, 7) is 3.96. The zero-order valence-electron chi connectivity index (χ0n) is 15.6. The summed E-state index contributed by atoms with van der Waals surface area (Å²) in [5, 5.41) is 11.3. The van der Waals surface area contributed by atoms with Crippen molar-refractivity contribution >= 4 is 17.3 Å². The lowest BCUT2D eigenvalue weighted by Gasteiger charge is -2.22. The van der Waals surface area contributed by atoms with Crippen molar-refractivity contribution in [2.24, 2.45) is 0 Å². The minimum atomic E-state index is -4.67. The second kappa shape index (κ2) is 9.34. The van der Waals surface area contributed by atoms with E-state index in [0.717, 1.165) is 12.8 Å². The number of ether oxygens (including phenoxy) is 1. The number of nitro groups is 1. The van der Waals surface area contributed by atoms with Gasteiger partial charge in [0, 0.05) is 18.8 Å². The summed E-state index contributed by atoms with van der Waals surface area (Å²) in [5.74, 6) is -0.680. The largest absolute Gasteiger partial charge is 0.477 e. The Labute approximate surface area is 160 Å². The minimum absolute atomic E-state index is 0.0883. The lowest BCUT2D eigenvalue weighted by atomic mass is 10.2. The summed E-state index contributed by atoms with van der Waals surface area (Å²) >= 11 is 0. The molecule has 0 spiro atoms. The quantitative estimate of drug-likeness (QED) is 0.331. The number of nitro benzene ring substituents is 1. The van der Waals surface area contributed by atoms with Gasteiger partial charge in [0.2, 0.25) is 11.8 Å². The summed E-state index contributed by atoms with van der Waals surface area (Å²) in [6.07, 6.45) is -1.72. The molecule has 0 bridgehead atoms. The topological polar surface area (TPSA) is 81.4 Å². The van der Waals surface area contributed by atoms with Crippen LogP contribution in [0.5, 0.6) is 5.88 Å². The number of unbranched alkanes of at least 4 members (excludes halogenated alkanes) is 2. The van der Waals surface area contributed by atoms with Crippen molar-refractivity contribution in [2.45, 2.75) is 39.3 Å². The van der Waals surface area contributed by atoms with Gasteiger partial charge >= 0.3 is 6.18 Å². The molecular formula is C18H21F3N4O3. The highest BCUT2D eigenvalue weighted by atomic mass is 19.4. The SMILES string of the molecule is CCCCCOc1nc(N(CC)c2ccccc2[N+](=O)[O-])ncc1C(F)(F)F. The number of benzene rings is 1. The molecule has 7 nitrogen and oxygen atoms in total. The van der Waals surface area contributed by atoms with E-state index < -0.39 is 22.5 Å². The molecule has 0 saturated carbocycles. The van der Waals surface area contributed by atoms with E-state index in [0.29, 0.717) is 12.6 Å². The predicted molar refractivity (Wildman–Crippen MR) is 97.8 cm³/mol. The van der Waals surface area contributed by atoms with Crippen molar-refractivity contribution in [3.05, 3.63) is 46.1 Å². The van der Waals surface area contributed by atoms with Gasteiger partial charge in [0.15, 0.2) is 0 Å². The van der Waals surface area contributed by atoms with Gasteiger partial charge in [-0.15, -0.1) is 0 Å². The van der Waals surface area contributed by atoms with Crippen molar-refractivity contribution in [1.29, 1.82) is 0 Å². The van der Waals surface area contributed by atoms with Crippen LogP contribution in [-0.2, 0) is 6.18 Å². The summed E-state index contributed by atoms with van der Waals surface area (Å²) in [5.41, 5.74) is -1.09. The molecule has 2 rings (SSSR count). The van der Waals surface area contributed by atoms with E-state index in [1.54, 1.807) is 13.0 Å². The fraction of sp³-hybridized carbons (Fsp3) is 0.444. The molecule has 0 fully saturated rings. The molecule has 0 aliphatic rings. The normalized spacial score (nSPS) is 11.3. The van der Waals surface area contributed by atoms with Crippen molar-refractivity contribution in [3.8, 4) is 5.88 Å². The Morgan fingerprint density at radius 2 is 1.93 bits per heavy atom. The molecule has 1 aromatic carbocycles. The van der Waals surface area contributed by atoms with E-state index in [9.17, 15) is 23.3 Å². The average Bonchev–Trinajstić information content (AvgIpc) is 2.65. The number of rotatable bonds is 9. The number of para-hydroxylation sites is 2. The van der Waals surface area contributed by atoms with Crippen LogP contribution in [0.25, 0.3) is 0 Å². The smallest absolute Gasteiger partial charge is 0.423 e. The minimum Gasteiger partial charge on any atom is -0.477 e. The Bertz CT molecular complexity index is 815. The van der Waals surface area contributed by atoms with Gasteiger partial charge in [-0.05, 0) is 19.4 Å². The maximum absolute atomic E-state index is 13.3. The summed E-state index contributed by atoms with van der Waals surface area (Å²) in [6, 6.07) is 5.90. The maximum atomic E-state index is 13.3. The van der Waals surface area contributed by atoms with Gasteiger partial charge in [0.05, 0.1) is 11.5 Å². The molecule has 0 N–H and O–H groups in total. The van der Waals surface area contributed by atoms with Crippen LogP contribution in [0.15, 0.2) is 30.5 Å². The van der Waals surface area contributed by atoms with E-state index in [4.69, 9.17) is 4.74 Å². The van der Waals surface area contributed by atoms with Crippen molar-refractivity contribution in [3.63, 3.8) is 0 Å². The van der Waals surface area contributed by atoms with Crippen LogP contribution in [0.2, 0.25) is 0 Å². The molecule has 0 saturated heterocycles. The molecule has 1 aromatic heterocycles. The standard InChI is InChI=1S/C18H21F3N4O3/c1-3-5-8-11-28-16-13(18(19,20)21)12-22-17(23-16)24(4-2)14-9-6-7-10-15(14)25(26)27/h6-7,9-10,12H,3-5,8,11H2,1-2H3. The summed E-state index contributed by atoms with van der Waals surface area (Å²) in [7, 11) is 0. The van der Waals surface area contributed by atoms with Crippen molar-refractivity contribution in [2.75, 3.05) is 18.1 Å². The van der Waals surface area contributed by atoms with Crippen LogP contribution < -0.4 is 9.64 Å². The molecule has 28 heavy (non-hydrogen) atoms. The highest BCUT2D eigenvalue weighted by Crippen LogP contribution is 2.37. The average molecular weight is 398 g/mol. The Kier molecular flexibility index (Phi) is 7.13. The molecule has 10 heteroatoms. The lowest BCUT2D eigenvalue weighted by Crippen LogP contribution is -2.21. The third-order valence-corrected chi connectivity index (χ3v) is 3.96. The van der Waals surface area contributed by atoms with Gasteiger partial charge in [-0.3, -0.25) is 10.1 Å². The zero-order chi connectivity index (χ0) is 20.7. The predicted octanol–water partition coefficient (Wildman–Crippen LogP) is 5.13. The first-order valence-corrected chi connectivity index (χ1v) is 8.87. The molecule has 0 unspecified atom stereocenters. The van der Waals surface area contributed by atoms with Crippen molar-refractivity contribution in [1.82, 2.24) is 9.97 Å². The van der Waals surface area contributed by atoms with Gasteiger partial charge in [0.1, 0.15) is 11.3 Å². The molecular weight excluding hydrogens is 377 g/mol. The molecule has 0 atom stereocenters. The highest BCUT2D eigenvalue weighted by molar-refractivity contribution is 5.69. The van der Waals surface area contributed by atoms with Gasteiger partial charge in [-0.1, -0.05) is 31.9 Å². The second-order valence-electron chi connectivity index (χ2n) is 5.93. The van der Waals surface area contributed by atoms with E-state index in [1.807, 2.05) is 6.92 Å². The summed E-state index contributed by atoms with van der Waals surface area (Å²) < 4.78 is 45.1. The third-order valence-electron chi connectivity index (χ3n) is 3.96. The Morgan fingerprint density at radius 3 is 2.54 bits per heavy atom. The Morgan fingerprint density at radius 1 is 1.21 bits per heavy atom. The number of nitrogens with zero attached hydrogens (tertiary/aromatic N) is 4. The lowest BCUT2D eigenvalue weighted by molar-refractivity contribution is -0.384. The first-order chi connectivity index (χ1) is 13.3. The molecule has 0 radical (unpaired) electrons. The van der Waals surface area contributed by atoms with E-state index in [1.165, 1.54) is 23.1 Å². The molecule has 1 heterocycles. The third kappa shape index (κ3) is 5.08. The highest BCUT2D eigenvalue weighted by Gasteiger charge is 2.37.